The topological polar surface area (TPSA) is 81.1 Å². The normalized spacial score (nSPS) is 11.0. The molecule has 3 aromatic rings. The van der Waals surface area contributed by atoms with Gasteiger partial charge >= 0.3 is 0 Å². The van der Waals surface area contributed by atoms with Crippen molar-refractivity contribution < 1.29 is 0 Å². The van der Waals surface area contributed by atoms with Crippen LogP contribution >= 0.6 is 11.3 Å². The Kier molecular flexibility index (Phi) is 3.92. The SMILES string of the molecule is Nc1csc(NN=Cc2ccccc2Cn2cccn2)n1. The van der Waals surface area contributed by atoms with Crippen molar-refractivity contribution in [3.63, 3.8) is 0 Å². The molecule has 2 heterocycles. The molecular formula is C14H14N6S. The lowest BCUT2D eigenvalue weighted by Gasteiger charge is -2.05. The van der Waals surface area contributed by atoms with Crippen molar-refractivity contribution in [1.82, 2.24) is 14.8 Å². The highest BCUT2D eigenvalue weighted by atomic mass is 32.1. The van der Waals surface area contributed by atoms with E-state index in [2.05, 4.69) is 26.7 Å². The number of aromatic nitrogens is 3. The van der Waals surface area contributed by atoms with Gasteiger partial charge in [0.05, 0.1) is 12.8 Å². The van der Waals surface area contributed by atoms with Crippen LogP contribution in [0.3, 0.4) is 0 Å². The van der Waals surface area contributed by atoms with Gasteiger partial charge in [0.25, 0.3) is 0 Å². The number of nitrogens with one attached hydrogen (secondary N) is 1. The molecular weight excluding hydrogens is 284 g/mol. The van der Waals surface area contributed by atoms with Gasteiger partial charge in [0.1, 0.15) is 5.82 Å². The minimum atomic E-state index is 0.497. The molecule has 6 nitrogen and oxygen atoms in total. The van der Waals surface area contributed by atoms with E-state index in [0.717, 1.165) is 11.1 Å². The Morgan fingerprint density at radius 3 is 3.00 bits per heavy atom. The van der Waals surface area contributed by atoms with Crippen LogP contribution in [0.4, 0.5) is 10.9 Å². The molecule has 21 heavy (non-hydrogen) atoms. The second-order valence-electron chi connectivity index (χ2n) is 4.35. The minimum Gasteiger partial charge on any atom is -0.383 e. The van der Waals surface area contributed by atoms with Gasteiger partial charge in [-0.1, -0.05) is 24.3 Å². The van der Waals surface area contributed by atoms with Crippen LogP contribution in [0.5, 0.6) is 0 Å². The molecule has 0 aliphatic rings. The summed E-state index contributed by atoms with van der Waals surface area (Å²) >= 11 is 1.42. The zero-order chi connectivity index (χ0) is 14.5. The minimum absolute atomic E-state index is 0.497. The Bertz CT molecular complexity index is 732. The standard InChI is InChI=1S/C14H14N6S/c15-13-10-21-14(18-13)19-16-8-11-4-1-2-5-12(11)9-20-7-3-6-17-20/h1-8,10H,9,15H2,(H,18,19). The summed E-state index contributed by atoms with van der Waals surface area (Å²) in [6.07, 6.45) is 5.48. The van der Waals surface area contributed by atoms with Crippen LogP contribution in [-0.4, -0.2) is 21.0 Å². The molecule has 0 aliphatic carbocycles. The van der Waals surface area contributed by atoms with E-state index in [-0.39, 0.29) is 0 Å². The molecule has 7 heteroatoms. The molecule has 0 spiro atoms. The van der Waals surface area contributed by atoms with E-state index in [4.69, 9.17) is 5.73 Å². The van der Waals surface area contributed by atoms with Gasteiger partial charge in [-0.15, -0.1) is 11.3 Å². The van der Waals surface area contributed by atoms with E-state index in [1.807, 2.05) is 35.1 Å². The second kappa shape index (κ2) is 6.19. The average molecular weight is 298 g/mol. The molecule has 0 saturated heterocycles. The third kappa shape index (κ3) is 3.46. The fourth-order valence-corrected chi connectivity index (χ4v) is 2.42. The van der Waals surface area contributed by atoms with Crippen molar-refractivity contribution in [2.45, 2.75) is 6.54 Å². The maximum Gasteiger partial charge on any atom is 0.205 e. The van der Waals surface area contributed by atoms with Gasteiger partial charge in [0, 0.05) is 17.8 Å². The first kappa shape index (κ1) is 13.3. The first-order valence-electron chi connectivity index (χ1n) is 6.37. The molecule has 0 amide bonds. The van der Waals surface area contributed by atoms with Crippen LogP contribution in [0.2, 0.25) is 0 Å². The highest BCUT2D eigenvalue weighted by Crippen LogP contribution is 2.16. The number of hydrogen-bond donors (Lipinski definition) is 2. The molecule has 3 N–H and O–H groups in total. The molecule has 0 aliphatic heterocycles. The highest BCUT2D eigenvalue weighted by molar-refractivity contribution is 7.14. The predicted molar refractivity (Wildman–Crippen MR) is 85.5 cm³/mol. The molecule has 0 radical (unpaired) electrons. The smallest absolute Gasteiger partial charge is 0.205 e. The molecule has 1 aromatic carbocycles. The fraction of sp³-hybridized carbons (Fsp3) is 0.0714. The summed E-state index contributed by atoms with van der Waals surface area (Å²) in [7, 11) is 0. The van der Waals surface area contributed by atoms with E-state index < -0.39 is 0 Å². The Labute approximate surface area is 125 Å². The number of thiazole rings is 1. The fourth-order valence-electron chi connectivity index (χ4n) is 1.87. The van der Waals surface area contributed by atoms with Crippen molar-refractivity contribution >= 4 is 28.5 Å². The number of nitrogens with zero attached hydrogens (tertiary/aromatic N) is 4. The maximum atomic E-state index is 5.56. The van der Waals surface area contributed by atoms with Gasteiger partial charge in [-0.3, -0.25) is 10.1 Å². The van der Waals surface area contributed by atoms with Gasteiger partial charge in [0.2, 0.25) is 5.13 Å². The number of anilines is 2. The third-order valence-corrected chi connectivity index (χ3v) is 3.60. The van der Waals surface area contributed by atoms with Gasteiger partial charge in [-0.2, -0.15) is 10.2 Å². The number of hydrogen-bond acceptors (Lipinski definition) is 6. The number of benzene rings is 1. The summed E-state index contributed by atoms with van der Waals surface area (Å²) in [6, 6.07) is 9.97. The average Bonchev–Trinajstić information content (AvgIpc) is 3.13. The van der Waals surface area contributed by atoms with Crippen molar-refractivity contribution in [3.05, 3.63) is 59.2 Å². The molecule has 2 aromatic heterocycles. The summed E-state index contributed by atoms with van der Waals surface area (Å²) < 4.78 is 1.88. The molecule has 3 rings (SSSR count). The predicted octanol–water partition coefficient (Wildman–Crippen LogP) is 2.42. The maximum absolute atomic E-state index is 5.56. The third-order valence-electron chi connectivity index (χ3n) is 2.83. The van der Waals surface area contributed by atoms with Crippen LogP contribution in [0.25, 0.3) is 0 Å². The summed E-state index contributed by atoms with van der Waals surface area (Å²) in [5.41, 5.74) is 10.6. The van der Waals surface area contributed by atoms with E-state index in [1.54, 1.807) is 17.8 Å². The summed E-state index contributed by atoms with van der Waals surface area (Å²) in [5.74, 6) is 0.497. The first-order valence-corrected chi connectivity index (χ1v) is 7.24. The zero-order valence-electron chi connectivity index (χ0n) is 11.2. The number of nitrogens with two attached hydrogens (primary N) is 1. The second-order valence-corrected chi connectivity index (χ2v) is 5.21. The van der Waals surface area contributed by atoms with Crippen LogP contribution in [0, 0.1) is 0 Å². The van der Waals surface area contributed by atoms with Crippen LogP contribution in [0.15, 0.2) is 53.2 Å². The van der Waals surface area contributed by atoms with Crippen LogP contribution in [0.1, 0.15) is 11.1 Å². The Morgan fingerprint density at radius 2 is 2.24 bits per heavy atom. The van der Waals surface area contributed by atoms with Crippen LogP contribution in [-0.2, 0) is 6.54 Å². The number of hydrazone groups is 1. The Hall–Kier alpha value is -2.67. The van der Waals surface area contributed by atoms with Crippen molar-refractivity contribution in [3.8, 4) is 0 Å². The van der Waals surface area contributed by atoms with Crippen LogP contribution < -0.4 is 11.2 Å². The van der Waals surface area contributed by atoms with Gasteiger partial charge < -0.3 is 5.73 Å². The van der Waals surface area contributed by atoms with Gasteiger partial charge in [-0.25, -0.2) is 4.98 Å². The molecule has 106 valence electrons. The number of rotatable bonds is 5. The van der Waals surface area contributed by atoms with E-state index in [1.165, 1.54) is 11.3 Å². The monoisotopic (exact) mass is 298 g/mol. The van der Waals surface area contributed by atoms with Crippen molar-refractivity contribution in [1.29, 1.82) is 0 Å². The van der Waals surface area contributed by atoms with Crippen molar-refractivity contribution in [2.75, 3.05) is 11.2 Å². The lowest BCUT2D eigenvalue weighted by atomic mass is 10.1. The summed E-state index contributed by atoms with van der Waals surface area (Å²) in [4.78, 5) is 4.08. The largest absolute Gasteiger partial charge is 0.383 e. The van der Waals surface area contributed by atoms with Gasteiger partial charge in [0.15, 0.2) is 0 Å². The Morgan fingerprint density at radius 1 is 1.33 bits per heavy atom. The molecule has 0 bridgehead atoms. The first-order chi connectivity index (χ1) is 10.3. The number of nitrogen functional groups attached to an aromatic ring is 1. The molecule has 0 fully saturated rings. The van der Waals surface area contributed by atoms with E-state index in [9.17, 15) is 0 Å². The molecule has 0 atom stereocenters. The molecule has 0 saturated carbocycles. The Balaban J connectivity index is 1.72. The van der Waals surface area contributed by atoms with E-state index in [0.29, 0.717) is 17.5 Å². The quantitative estimate of drug-likeness (QED) is 0.560. The lowest BCUT2D eigenvalue weighted by molar-refractivity contribution is 0.686. The van der Waals surface area contributed by atoms with E-state index >= 15 is 0 Å². The lowest BCUT2D eigenvalue weighted by Crippen LogP contribution is -2.03. The van der Waals surface area contributed by atoms with Gasteiger partial charge in [-0.05, 0) is 17.2 Å². The highest BCUT2D eigenvalue weighted by Gasteiger charge is 2.01. The summed E-state index contributed by atoms with van der Waals surface area (Å²) in [5, 5.41) is 10.9. The molecule has 0 unspecified atom stereocenters. The summed E-state index contributed by atoms with van der Waals surface area (Å²) in [6.45, 7) is 0.708. The zero-order valence-corrected chi connectivity index (χ0v) is 12.0. The van der Waals surface area contributed by atoms with Crippen molar-refractivity contribution in [2.24, 2.45) is 5.10 Å².